The first-order valence-corrected chi connectivity index (χ1v) is 6.58. The van der Waals surface area contributed by atoms with Crippen LogP contribution in [0.2, 0.25) is 0 Å². The molecule has 118 valence electrons. The summed E-state index contributed by atoms with van der Waals surface area (Å²) in [4.78, 5) is 0. The lowest BCUT2D eigenvalue weighted by Gasteiger charge is -2.09. The SMILES string of the molecule is COCCOCCOCCOc1ccc(B(O)O)c(F)c1. The quantitative estimate of drug-likeness (QED) is 0.426. The summed E-state index contributed by atoms with van der Waals surface area (Å²) < 4.78 is 34.0. The lowest BCUT2D eigenvalue weighted by atomic mass is 9.80. The number of ether oxygens (including phenoxy) is 4. The molecule has 0 unspecified atom stereocenters. The molecule has 0 aliphatic carbocycles. The molecule has 1 rings (SSSR count). The molecule has 0 aliphatic heterocycles. The highest BCUT2D eigenvalue weighted by molar-refractivity contribution is 6.58. The molecule has 0 aliphatic rings. The molecule has 0 fully saturated rings. The Hall–Kier alpha value is -1.19. The largest absolute Gasteiger partial charge is 0.491 e. The van der Waals surface area contributed by atoms with E-state index in [9.17, 15) is 4.39 Å². The molecule has 0 atom stereocenters. The van der Waals surface area contributed by atoms with Gasteiger partial charge in [-0.05, 0) is 6.07 Å². The third-order valence-corrected chi connectivity index (χ3v) is 2.55. The summed E-state index contributed by atoms with van der Waals surface area (Å²) in [6.07, 6.45) is 0. The Morgan fingerprint density at radius 2 is 1.62 bits per heavy atom. The normalized spacial score (nSPS) is 10.7. The fraction of sp³-hybridized carbons (Fsp3) is 0.538. The van der Waals surface area contributed by atoms with Gasteiger partial charge in [-0.15, -0.1) is 0 Å². The molecule has 1 aromatic rings. The van der Waals surface area contributed by atoms with Crippen LogP contribution in [0.4, 0.5) is 4.39 Å². The van der Waals surface area contributed by atoms with Crippen molar-refractivity contribution < 1.29 is 33.4 Å². The summed E-state index contributed by atoms with van der Waals surface area (Å²) in [5.41, 5.74) is -0.188. The number of benzene rings is 1. The van der Waals surface area contributed by atoms with Crippen LogP contribution in [0.5, 0.6) is 5.75 Å². The van der Waals surface area contributed by atoms with Crippen LogP contribution in [0.3, 0.4) is 0 Å². The van der Waals surface area contributed by atoms with E-state index in [1.165, 1.54) is 12.1 Å². The molecule has 0 bridgehead atoms. The minimum atomic E-state index is -1.83. The highest BCUT2D eigenvalue weighted by Gasteiger charge is 2.16. The van der Waals surface area contributed by atoms with E-state index in [0.717, 1.165) is 6.07 Å². The van der Waals surface area contributed by atoms with Gasteiger partial charge in [0.1, 0.15) is 18.2 Å². The van der Waals surface area contributed by atoms with Crippen molar-refractivity contribution in [2.75, 3.05) is 46.8 Å². The van der Waals surface area contributed by atoms with Crippen LogP contribution in [0.1, 0.15) is 0 Å². The van der Waals surface area contributed by atoms with Crippen LogP contribution in [-0.2, 0) is 14.2 Å². The number of rotatable bonds is 11. The molecule has 2 N–H and O–H groups in total. The van der Waals surface area contributed by atoms with Crippen LogP contribution in [0.25, 0.3) is 0 Å². The number of hydrogen-bond acceptors (Lipinski definition) is 6. The van der Waals surface area contributed by atoms with Gasteiger partial charge in [-0.1, -0.05) is 6.07 Å². The van der Waals surface area contributed by atoms with Gasteiger partial charge < -0.3 is 29.0 Å². The van der Waals surface area contributed by atoms with Gasteiger partial charge >= 0.3 is 7.12 Å². The van der Waals surface area contributed by atoms with Gasteiger partial charge in [-0.3, -0.25) is 0 Å². The summed E-state index contributed by atoms with van der Waals surface area (Å²) in [6, 6.07) is 3.83. The van der Waals surface area contributed by atoms with Crippen LogP contribution in [-0.4, -0.2) is 63.9 Å². The molecule has 1 aromatic carbocycles. The van der Waals surface area contributed by atoms with E-state index in [2.05, 4.69) is 0 Å². The average Bonchev–Trinajstić information content (AvgIpc) is 2.45. The van der Waals surface area contributed by atoms with Crippen molar-refractivity contribution in [3.05, 3.63) is 24.0 Å². The maximum atomic E-state index is 13.4. The second kappa shape index (κ2) is 10.5. The summed E-state index contributed by atoms with van der Waals surface area (Å²) in [6.45, 7) is 2.60. The molecule has 8 heteroatoms. The fourth-order valence-corrected chi connectivity index (χ4v) is 1.49. The predicted octanol–water partition coefficient (Wildman–Crippen LogP) is -0.436. The molecular formula is C13H20BFO6. The Morgan fingerprint density at radius 1 is 1.00 bits per heavy atom. The van der Waals surface area contributed by atoms with Gasteiger partial charge in [0.25, 0.3) is 0 Å². The first-order chi connectivity index (χ1) is 10.1. The summed E-state index contributed by atoms with van der Waals surface area (Å²) in [5, 5.41) is 17.8. The summed E-state index contributed by atoms with van der Waals surface area (Å²) >= 11 is 0. The van der Waals surface area contributed by atoms with E-state index in [1.54, 1.807) is 7.11 Å². The van der Waals surface area contributed by atoms with Crippen LogP contribution in [0, 0.1) is 5.82 Å². The van der Waals surface area contributed by atoms with Gasteiger partial charge in [0.05, 0.1) is 33.0 Å². The molecule has 21 heavy (non-hydrogen) atoms. The molecule has 0 radical (unpaired) electrons. The van der Waals surface area contributed by atoms with Gasteiger partial charge in [0, 0.05) is 18.6 Å². The highest BCUT2D eigenvalue weighted by Crippen LogP contribution is 2.10. The first kappa shape index (κ1) is 17.9. The number of methoxy groups -OCH3 is 1. The Kier molecular flexibility index (Phi) is 8.96. The lowest BCUT2D eigenvalue weighted by molar-refractivity contribution is 0.0179. The van der Waals surface area contributed by atoms with Crippen molar-refractivity contribution in [2.45, 2.75) is 0 Å². The summed E-state index contributed by atoms with van der Waals surface area (Å²) in [7, 11) is -0.228. The first-order valence-electron chi connectivity index (χ1n) is 6.58. The molecule has 0 saturated heterocycles. The zero-order valence-electron chi connectivity index (χ0n) is 12.0. The van der Waals surface area contributed by atoms with Crippen molar-refractivity contribution >= 4 is 12.6 Å². The second-order valence-electron chi connectivity index (χ2n) is 4.12. The Morgan fingerprint density at radius 3 is 2.19 bits per heavy atom. The lowest BCUT2D eigenvalue weighted by Crippen LogP contribution is -2.32. The van der Waals surface area contributed by atoms with E-state index in [0.29, 0.717) is 38.8 Å². The van der Waals surface area contributed by atoms with Gasteiger partial charge in [0.15, 0.2) is 0 Å². The Bertz CT molecular complexity index is 404. The van der Waals surface area contributed by atoms with Gasteiger partial charge in [-0.25, -0.2) is 4.39 Å². The van der Waals surface area contributed by atoms with Crippen molar-refractivity contribution in [3.63, 3.8) is 0 Å². The maximum Gasteiger partial charge on any atom is 0.491 e. The topological polar surface area (TPSA) is 77.4 Å². The number of halogens is 1. The zero-order chi connectivity index (χ0) is 15.5. The Labute approximate surface area is 123 Å². The van der Waals surface area contributed by atoms with Gasteiger partial charge in [-0.2, -0.15) is 0 Å². The van der Waals surface area contributed by atoms with Crippen molar-refractivity contribution in [3.8, 4) is 5.75 Å². The van der Waals surface area contributed by atoms with Crippen LogP contribution < -0.4 is 10.2 Å². The molecule has 0 aromatic heterocycles. The maximum absolute atomic E-state index is 13.4. The molecule has 0 heterocycles. The van der Waals surface area contributed by atoms with Crippen LogP contribution >= 0.6 is 0 Å². The van der Waals surface area contributed by atoms with Crippen LogP contribution in [0.15, 0.2) is 18.2 Å². The zero-order valence-corrected chi connectivity index (χ0v) is 12.0. The molecule has 6 nitrogen and oxygen atoms in total. The summed E-state index contributed by atoms with van der Waals surface area (Å²) in [5.74, 6) is -0.424. The smallest absolute Gasteiger partial charge is 0.491 e. The van der Waals surface area contributed by atoms with Crippen molar-refractivity contribution in [1.29, 1.82) is 0 Å². The van der Waals surface area contributed by atoms with E-state index in [-0.39, 0.29) is 12.1 Å². The van der Waals surface area contributed by atoms with E-state index in [1.807, 2.05) is 0 Å². The average molecular weight is 302 g/mol. The monoisotopic (exact) mass is 302 g/mol. The van der Waals surface area contributed by atoms with Crippen molar-refractivity contribution in [2.24, 2.45) is 0 Å². The third kappa shape index (κ3) is 7.40. The molecular weight excluding hydrogens is 282 g/mol. The molecule has 0 amide bonds. The minimum Gasteiger partial charge on any atom is -0.491 e. The van der Waals surface area contributed by atoms with E-state index in [4.69, 9.17) is 29.0 Å². The predicted molar refractivity (Wildman–Crippen MR) is 75.2 cm³/mol. The van der Waals surface area contributed by atoms with E-state index < -0.39 is 12.9 Å². The Balaban J connectivity index is 2.11. The van der Waals surface area contributed by atoms with Gasteiger partial charge in [0.2, 0.25) is 0 Å². The molecule has 0 saturated carbocycles. The second-order valence-corrected chi connectivity index (χ2v) is 4.12. The third-order valence-electron chi connectivity index (χ3n) is 2.55. The fourth-order valence-electron chi connectivity index (χ4n) is 1.49. The minimum absolute atomic E-state index is 0.188. The van der Waals surface area contributed by atoms with Crippen molar-refractivity contribution in [1.82, 2.24) is 0 Å². The standard InChI is InChI=1S/C13H20BFO6/c1-18-4-5-19-6-7-20-8-9-21-11-2-3-12(14(16)17)13(15)10-11/h2-3,10,16-17H,4-9H2,1H3. The highest BCUT2D eigenvalue weighted by atomic mass is 19.1. The molecule has 0 spiro atoms. The van der Waals surface area contributed by atoms with E-state index >= 15 is 0 Å². The number of hydrogen-bond donors (Lipinski definition) is 2.